The summed E-state index contributed by atoms with van der Waals surface area (Å²) in [6.07, 6.45) is 0. The summed E-state index contributed by atoms with van der Waals surface area (Å²) in [6.45, 7) is 3.86. The molecule has 3 aromatic carbocycles. The minimum absolute atomic E-state index is 0.140. The van der Waals surface area contributed by atoms with Crippen molar-refractivity contribution in [1.29, 1.82) is 0 Å². The third-order valence-electron chi connectivity index (χ3n) is 5.77. The molecule has 0 aromatic heterocycles. The maximum Gasteiger partial charge on any atom is 0.281 e. The van der Waals surface area contributed by atoms with Gasteiger partial charge in [-0.3, -0.25) is 19.7 Å². The van der Waals surface area contributed by atoms with Gasteiger partial charge in [0.15, 0.2) is 0 Å². The number of hydrazone groups is 1. The first kappa shape index (κ1) is 19.6. The molecule has 0 aliphatic carbocycles. The summed E-state index contributed by atoms with van der Waals surface area (Å²) in [6, 6.07) is 17.6. The van der Waals surface area contributed by atoms with Gasteiger partial charge in [-0.25, -0.2) is 0 Å². The minimum atomic E-state index is -0.513. The largest absolute Gasteiger partial charge is 0.308 e. The zero-order valence-corrected chi connectivity index (χ0v) is 17.4. The van der Waals surface area contributed by atoms with E-state index >= 15 is 0 Å². The molecule has 158 valence electrons. The maximum absolute atomic E-state index is 13.5. The van der Waals surface area contributed by atoms with Crippen LogP contribution in [-0.2, 0) is 9.59 Å². The van der Waals surface area contributed by atoms with E-state index in [4.69, 9.17) is 0 Å². The molecule has 0 radical (unpaired) electrons. The fourth-order valence-corrected chi connectivity index (χ4v) is 4.27. The van der Waals surface area contributed by atoms with E-state index in [-0.39, 0.29) is 22.7 Å². The number of benzene rings is 3. The summed E-state index contributed by atoms with van der Waals surface area (Å²) in [5, 5.41) is 19.0. The fourth-order valence-electron chi connectivity index (χ4n) is 4.27. The highest BCUT2D eigenvalue weighted by Crippen LogP contribution is 2.42. The molecule has 0 N–H and O–H groups in total. The van der Waals surface area contributed by atoms with Crippen LogP contribution in [0.4, 0.5) is 17.1 Å². The quantitative estimate of drug-likeness (QED) is 0.355. The molecule has 2 aliphatic rings. The highest BCUT2D eigenvalue weighted by molar-refractivity contribution is 6.45. The Morgan fingerprint density at radius 1 is 0.938 bits per heavy atom. The second-order valence-corrected chi connectivity index (χ2v) is 7.59. The van der Waals surface area contributed by atoms with Gasteiger partial charge in [0, 0.05) is 24.2 Å². The standard InChI is InChI=1S/C24H18N4O4/c1-3-26-20-11-10-18(28(31)32)13-19(20)22(23(26)29)21-14(2)25-27(24(21)30)17-9-8-15-6-4-5-7-16(15)12-17/h4-13H,3H2,1-2H3. The molecule has 0 spiro atoms. The van der Waals surface area contributed by atoms with Crippen molar-refractivity contribution in [3.05, 3.63) is 81.9 Å². The molecule has 0 atom stereocenters. The molecule has 32 heavy (non-hydrogen) atoms. The lowest BCUT2D eigenvalue weighted by Crippen LogP contribution is -2.28. The van der Waals surface area contributed by atoms with E-state index in [9.17, 15) is 19.7 Å². The summed E-state index contributed by atoms with van der Waals surface area (Å²) in [5.74, 6) is -0.794. The lowest BCUT2D eigenvalue weighted by Gasteiger charge is -2.14. The van der Waals surface area contributed by atoms with E-state index in [0.29, 0.717) is 29.2 Å². The topological polar surface area (TPSA) is 96.1 Å². The van der Waals surface area contributed by atoms with Crippen LogP contribution in [0.3, 0.4) is 0 Å². The van der Waals surface area contributed by atoms with Crippen molar-refractivity contribution < 1.29 is 14.5 Å². The molecule has 3 aromatic rings. The Hall–Kier alpha value is -4.33. The summed E-state index contributed by atoms with van der Waals surface area (Å²) in [5.41, 5.74) is 2.09. The molecule has 8 nitrogen and oxygen atoms in total. The fraction of sp³-hybridized carbons (Fsp3) is 0.125. The van der Waals surface area contributed by atoms with Crippen LogP contribution in [0.15, 0.2) is 71.3 Å². The summed E-state index contributed by atoms with van der Waals surface area (Å²) in [4.78, 5) is 39.0. The monoisotopic (exact) mass is 426 g/mol. The van der Waals surface area contributed by atoms with Gasteiger partial charge in [0.1, 0.15) is 0 Å². The van der Waals surface area contributed by atoms with Gasteiger partial charge >= 0.3 is 0 Å². The van der Waals surface area contributed by atoms with E-state index in [1.54, 1.807) is 19.1 Å². The van der Waals surface area contributed by atoms with Crippen LogP contribution in [0, 0.1) is 10.1 Å². The molecule has 0 unspecified atom stereocenters. The number of nitro benzene ring substituents is 1. The number of hydrogen-bond acceptors (Lipinski definition) is 5. The Morgan fingerprint density at radius 3 is 2.41 bits per heavy atom. The number of rotatable bonds is 3. The van der Waals surface area contributed by atoms with Crippen molar-refractivity contribution in [2.75, 3.05) is 16.5 Å². The minimum Gasteiger partial charge on any atom is -0.308 e. The Kier molecular flexibility index (Phi) is 4.37. The SMILES string of the molecule is CCN1C(=O)C(=C2C(=O)N(c3ccc4ccccc4c3)N=C2C)c2cc([N+](=O)[O-])ccc21. The summed E-state index contributed by atoms with van der Waals surface area (Å²) < 4.78 is 0. The molecule has 0 fully saturated rings. The lowest BCUT2D eigenvalue weighted by atomic mass is 9.97. The number of carbonyl (C=O) groups is 2. The Balaban J connectivity index is 1.66. The lowest BCUT2D eigenvalue weighted by molar-refractivity contribution is -0.384. The molecule has 2 heterocycles. The van der Waals surface area contributed by atoms with Gasteiger partial charge in [-0.15, -0.1) is 0 Å². The van der Waals surface area contributed by atoms with Crippen molar-refractivity contribution >= 4 is 50.9 Å². The smallest absolute Gasteiger partial charge is 0.281 e. The first-order valence-corrected chi connectivity index (χ1v) is 10.1. The van der Waals surface area contributed by atoms with Crippen LogP contribution in [0.25, 0.3) is 16.3 Å². The van der Waals surface area contributed by atoms with Gasteiger partial charge in [0.2, 0.25) is 0 Å². The van der Waals surface area contributed by atoms with Gasteiger partial charge in [0.05, 0.1) is 33.2 Å². The molecule has 0 saturated carbocycles. The van der Waals surface area contributed by atoms with Crippen molar-refractivity contribution in [2.45, 2.75) is 13.8 Å². The van der Waals surface area contributed by atoms with E-state index in [1.165, 1.54) is 22.0 Å². The van der Waals surface area contributed by atoms with E-state index < -0.39 is 10.8 Å². The first-order chi connectivity index (χ1) is 15.4. The van der Waals surface area contributed by atoms with Gasteiger partial charge in [-0.05, 0) is 42.8 Å². The predicted octanol–water partition coefficient (Wildman–Crippen LogP) is 4.29. The number of fused-ring (bicyclic) bond motifs is 2. The van der Waals surface area contributed by atoms with Gasteiger partial charge < -0.3 is 4.90 Å². The summed E-state index contributed by atoms with van der Waals surface area (Å²) in [7, 11) is 0. The van der Waals surface area contributed by atoms with Gasteiger partial charge in [-0.2, -0.15) is 10.1 Å². The average Bonchev–Trinajstić information content (AvgIpc) is 3.24. The van der Waals surface area contributed by atoms with Crippen LogP contribution >= 0.6 is 0 Å². The number of carbonyl (C=O) groups excluding carboxylic acids is 2. The third kappa shape index (κ3) is 2.80. The van der Waals surface area contributed by atoms with Crippen molar-refractivity contribution in [2.24, 2.45) is 5.10 Å². The zero-order chi connectivity index (χ0) is 22.6. The second kappa shape index (κ2) is 7.12. The maximum atomic E-state index is 13.5. The number of amides is 2. The zero-order valence-electron chi connectivity index (χ0n) is 17.4. The number of nitrogens with zero attached hydrogens (tertiary/aromatic N) is 4. The first-order valence-electron chi connectivity index (χ1n) is 10.1. The van der Waals surface area contributed by atoms with Crippen LogP contribution in [0.2, 0.25) is 0 Å². The number of non-ortho nitro benzene ring substituents is 1. The van der Waals surface area contributed by atoms with Gasteiger partial charge in [-0.1, -0.05) is 30.3 Å². The molecular formula is C24H18N4O4. The van der Waals surface area contributed by atoms with Crippen LogP contribution < -0.4 is 9.91 Å². The molecule has 8 heteroatoms. The number of nitro groups is 1. The van der Waals surface area contributed by atoms with Crippen molar-refractivity contribution in [1.82, 2.24) is 0 Å². The number of likely N-dealkylation sites (N-methyl/N-ethyl adjacent to an activating group) is 1. The normalized spacial score (nSPS) is 17.9. The van der Waals surface area contributed by atoms with E-state index in [1.807, 2.05) is 43.3 Å². The average molecular weight is 426 g/mol. The van der Waals surface area contributed by atoms with E-state index in [2.05, 4.69) is 5.10 Å². The highest BCUT2D eigenvalue weighted by Gasteiger charge is 2.41. The molecule has 2 amide bonds. The number of anilines is 2. The molecular weight excluding hydrogens is 408 g/mol. The van der Waals surface area contributed by atoms with Crippen LogP contribution in [-0.4, -0.2) is 29.0 Å². The van der Waals surface area contributed by atoms with Crippen molar-refractivity contribution in [3.8, 4) is 0 Å². The third-order valence-corrected chi connectivity index (χ3v) is 5.77. The molecule has 5 rings (SSSR count). The second-order valence-electron chi connectivity index (χ2n) is 7.59. The highest BCUT2D eigenvalue weighted by atomic mass is 16.6. The predicted molar refractivity (Wildman–Crippen MR) is 123 cm³/mol. The van der Waals surface area contributed by atoms with Gasteiger partial charge in [0.25, 0.3) is 17.5 Å². The molecule has 0 bridgehead atoms. The van der Waals surface area contributed by atoms with E-state index in [0.717, 1.165) is 10.8 Å². The Bertz CT molecular complexity index is 1410. The Labute approximate surface area is 183 Å². The van der Waals surface area contributed by atoms with Crippen LogP contribution in [0.1, 0.15) is 19.4 Å². The van der Waals surface area contributed by atoms with Crippen LogP contribution in [0.5, 0.6) is 0 Å². The molecule has 0 saturated heterocycles. The van der Waals surface area contributed by atoms with Crippen molar-refractivity contribution in [3.63, 3.8) is 0 Å². The molecule has 2 aliphatic heterocycles. The Morgan fingerprint density at radius 2 is 1.69 bits per heavy atom. The summed E-state index contributed by atoms with van der Waals surface area (Å²) >= 11 is 0. The number of hydrogen-bond donors (Lipinski definition) is 0.